The predicted octanol–water partition coefficient (Wildman–Crippen LogP) is 3.23. The number of aliphatic carboxylic acids is 1. The minimum atomic E-state index is -0.803. The maximum Gasteiger partial charge on any atom is 0.306 e. The van der Waals surface area contributed by atoms with Crippen LogP contribution in [0.4, 0.5) is 0 Å². The maximum absolute atomic E-state index is 12.6. The van der Waals surface area contributed by atoms with Crippen LogP contribution in [0.25, 0.3) is 16.8 Å². The molecule has 0 saturated heterocycles. The van der Waals surface area contributed by atoms with Gasteiger partial charge in [-0.15, -0.1) is 5.10 Å². The van der Waals surface area contributed by atoms with E-state index in [0.717, 1.165) is 16.8 Å². The van der Waals surface area contributed by atoms with Crippen LogP contribution >= 0.6 is 0 Å². The molecule has 3 aromatic rings. The number of hydrogen-bond donors (Lipinski definition) is 2. The fourth-order valence-corrected chi connectivity index (χ4v) is 3.80. The van der Waals surface area contributed by atoms with Crippen LogP contribution in [0.15, 0.2) is 54.6 Å². The van der Waals surface area contributed by atoms with E-state index in [9.17, 15) is 9.59 Å². The lowest BCUT2D eigenvalue weighted by molar-refractivity contribution is -0.141. The molecule has 1 amide bonds. The van der Waals surface area contributed by atoms with E-state index in [0.29, 0.717) is 25.0 Å². The van der Waals surface area contributed by atoms with Gasteiger partial charge in [0.2, 0.25) is 0 Å². The standard InChI is InChI=1S/C22H22N4O3/c1-14-20(21(27)23-18-10-7-17(13-18)22(28)29)24-25-26(14)19-11-8-16(9-12-19)15-5-3-2-4-6-15/h2-6,8-9,11-12,17-18H,7,10,13H2,1H3,(H,23,27)(H,28,29)/t17-,18+/m0/s1. The highest BCUT2D eigenvalue weighted by molar-refractivity contribution is 5.93. The lowest BCUT2D eigenvalue weighted by Crippen LogP contribution is -2.34. The van der Waals surface area contributed by atoms with Gasteiger partial charge in [-0.05, 0) is 49.4 Å². The van der Waals surface area contributed by atoms with E-state index in [1.807, 2.05) is 42.5 Å². The summed E-state index contributed by atoms with van der Waals surface area (Å²) in [6.07, 6.45) is 1.70. The molecule has 0 spiro atoms. The molecule has 1 fully saturated rings. The topological polar surface area (TPSA) is 97.1 Å². The number of carbonyl (C=O) groups excluding carboxylic acids is 1. The van der Waals surface area contributed by atoms with Gasteiger partial charge in [0, 0.05) is 6.04 Å². The number of carbonyl (C=O) groups is 2. The highest BCUT2D eigenvalue weighted by atomic mass is 16.4. The number of amides is 1. The van der Waals surface area contributed by atoms with Crippen LogP contribution in [0.1, 0.15) is 35.4 Å². The second-order valence-electron chi connectivity index (χ2n) is 7.37. The van der Waals surface area contributed by atoms with E-state index in [2.05, 4.69) is 27.8 Å². The molecule has 7 heteroatoms. The van der Waals surface area contributed by atoms with E-state index < -0.39 is 5.97 Å². The quantitative estimate of drug-likeness (QED) is 0.697. The zero-order chi connectivity index (χ0) is 20.4. The normalized spacial score (nSPS) is 18.5. The Hall–Kier alpha value is -3.48. The molecule has 7 nitrogen and oxygen atoms in total. The lowest BCUT2D eigenvalue weighted by Gasteiger charge is -2.11. The van der Waals surface area contributed by atoms with Gasteiger partial charge < -0.3 is 10.4 Å². The van der Waals surface area contributed by atoms with E-state index >= 15 is 0 Å². The van der Waals surface area contributed by atoms with Gasteiger partial charge in [0.15, 0.2) is 5.69 Å². The molecule has 0 bridgehead atoms. The van der Waals surface area contributed by atoms with Crippen LogP contribution in [-0.4, -0.2) is 38.0 Å². The minimum absolute atomic E-state index is 0.140. The molecule has 0 aliphatic heterocycles. The summed E-state index contributed by atoms with van der Waals surface area (Å²) in [6, 6.07) is 17.9. The average Bonchev–Trinajstić information content (AvgIpc) is 3.35. The van der Waals surface area contributed by atoms with Crippen molar-refractivity contribution in [1.29, 1.82) is 0 Å². The van der Waals surface area contributed by atoms with Crippen molar-refractivity contribution in [3.63, 3.8) is 0 Å². The summed E-state index contributed by atoms with van der Waals surface area (Å²) >= 11 is 0. The SMILES string of the molecule is Cc1c(C(=O)N[C@@H]2CC[C@H](C(=O)O)C2)nnn1-c1ccc(-c2ccccc2)cc1. The Morgan fingerprint density at radius 2 is 1.72 bits per heavy atom. The summed E-state index contributed by atoms with van der Waals surface area (Å²) in [6.45, 7) is 1.80. The number of nitrogens with one attached hydrogen (secondary N) is 1. The lowest BCUT2D eigenvalue weighted by atomic mass is 10.1. The zero-order valence-electron chi connectivity index (χ0n) is 16.1. The second-order valence-corrected chi connectivity index (χ2v) is 7.37. The van der Waals surface area contributed by atoms with Crippen LogP contribution in [0.5, 0.6) is 0 Å². The molecule has 0 radical (unpaired) electrons. The van der Waals surface area contributed by atoms with Gasteiger partial charge in [-0.25, -0.2) is 4.68 Å². The zero-order valence-corrected chi connectivity index (χ0v) is 16.1. The van der Waals surface area contributed by atoms with Crippen molar-refractivity contribution in [2.45, 2.75) is 32.2 Å². The Morgan fingerprint density at radius 3 is 2.38 bits per heavy atom. The number of carboxylic acids is 1. The summed E-state index contributed by atoms with van der Waals surface area (Å²) in [4.78, 5) is 23.7. The molecule has 0 unspecified atom stereocenters. The van der Waals surface area contributed by atoms with Crippen molar-refractivity contribution in [3.8, 4) is 16.8 Å². The molecule has 2 N–H and O–H groups in total. The van der Waals surface area contributed by atoms with Crippen LogP contribution < -0.4 is 5.32 Å². The van der Waals surface area contributed by atoms with Crippen molar-refractivity contribution >= 4 is 11.9 Å². The highest BCUT2D eigenvalue weighted by Crippen LogP contribution is 2.26. The number of hydrogen-bond acceptors (Lipinski definition) is 4. The number of nitrogens with zero attached hydrogens (tertiary/aromatic N) is 3. The Balaban J connectivity index is 1.48. The summed E-state index contributed by atoms with van der Waals surface area (Å²) in [5, 5.41) is 20.2. The number of carboxylic acid groups (broad SMARTS) is 1. The summed E-state index contributed by atoms with van der Waals surface area (Å²) in [5.74, 6) is -1.51. The van der Waals surface area contributed by atoms with E-state index in [1.165, 1.54) is 0 Å². The molecular weight excluding hydrogens is 368 g/mol. The Kier molecular flexibility index (Phi) is 5.12. The van der Waals surface area contributed by atoms with E-state index in [4.69, 9.17) is 5.11 Å². The number of aromatic nitrogens is 3. The third-order valence-electron chi connectivity index (χ3n) is 5.45. The van der Waals surface area contributed by atoms with Gasteiger partial charge in [0.1, 0.15) is 0 Å². The summed E-state index contributed by atoms with van der Waals surface area (Å²) in [7, 11) is 0. The fourth-order valence-electron chi connectivity index (χ4n) is 3.80. The Bertz CT molecular complexity index is 1030. The van der Waals surface area contributed by atoms with Crippen LogP contribution in [0, 0.1) is 12.8 Å². The molecule has 1 saturated carbocycles. The van der Waals surface area contributed by atoms with Gasteiger partial charge in [-0.1, -0.05) is 47.7 Å². The molecule has 1 aliphatic rings. The third kappa shape index (κ3) is 3.89. The summed E-state index contributed by atoms with van der Waals surface area (Å²) < 4.78 is 1.64. The maximum atomic E-state index is 12.6. The Labute approximate surface area is 168 Å². The largest absolute Gasteiger partial charge is 0.481 e. The molecule has 1 aliphatic carbocycles. The fraction of sp³-hybridized carbons (Fsp3) is 0.273. The Morgan fingerprint density at radius 1 is 1.03 bits per heavy atom. The molecule has 1 aromatic heterocycles. The molecule has 29 heavy (non-hydrogen) atoms. The van der Waals surface area contributed by atoms with E-state index in [-0.39, 0.29) is 23.6 Å². The molecule has 1 heterocycles. The third-order valence-corrected chi connectivity index (χ3v) is 5.45. The van der Waals surface area contributed by atoms with Crippen molar-refractivity contribution in [1.82, 2.24) is 20.3 Å². The van der Waals surface area contributed by atoms with Crippen molar-refractivity contribution in [2.24, 2.45) is 5.92 Å². The van der Waals surface area contributed by atoms with Crippen molar-refractivity contribution in [2.75, 3.05) is 0 Å². The monoisotopic (exact) mass is 390 g/mol. The first-order chi connectivity index (χ1) is 14.0. The van der Waals surface area contributed by atoms with Gasteiger partial charge in [0.25, 0.3) is 5.91 Å². The van der Waals surface area contributed by atoms with Crippen molar-refractivity contribution in [3.05, 3.63) is 66.0 Å². The van der Waals surface area contributed by atoms with Gasteiger partial charge in [0.05, 0.1) is 17.3 Å². The minimum Gasteiger partial charge on any atom is -0.481 e. The molecule has 2 atom stereocenters. The molecule has 2 aromatic carbocycles. The van der Waals surface area contributed by atoms with Crippen LogP contribution in [0.2, 0.25) is 0 Å². The van der Waals surface area contributed by atoms with Gasteiger partial charge in [-0.3, -0.25) is 9.59 Å². The molecule has 148 valence electrons. The average molecular weight is 390 g/mol. The predicted molar refractivity (Wildman–Crippen MR) is 108 cm³/mol. The number of rotatable bonds is 5. The molecular formula is C22H22N4O3. The van der Waals surface area contributed by atoms with E-state index in [1.54, 1.807) is 11.6 Å². The molecule has 4 rings (SSSR count). The van der Waals surface area contributed by atoms with Crippen LogP contribution in [-0.2, 0) is 4.79 Å². The smallest absolute Gasteiger partial charge is 0.306 e. The first-order valence-corrected chi connectivity index (χ1v) is 9.65. The van der Waals surface area contributed by atoms with Crippen LogP contribution in [0.3, 0.4) is 0 Å². The van der Waals surface area contributed by atoms with Gasteiger partial charge in [-0.2, -0.15) is 0 Å². The first kappa shape index (κ1) is 18.9. The summed E-state index contributed by atoms with van der Waals surface area (Å²) in [5.41, 5.74) is 3.95. The first-order valence-electron chi connectivity index (χ1n) is 9.65. The second kappa shape index (κ2) is 7.87. The van der Waals surface area contributed by atoms with Gasteiger partial charge >= 0.3 is 5.97 Å². The van der Waals surface area contributed by atoms with Crippen molar-refractivity contribution < 1.29 is 14.7 Å². The number of benzene rings is 2. The highest BCUT2D eigenvalue weighted by Gasteiger charge is 2.31.